The lowest BCUT2D eigenvalue weighted by molar-refractivity contribution is -0.274. The van der Waals surface area contributed by atoms with Crippen LogP contribution in [0.1, 0.15) is 27.8 Å². The van der Waals surface area contributed by atoms with Crippen molar-refractivity contribution in [2.75, 3.05) is 4.90 Å². The summed E-state index contributed by atoms with van der Waals surface area (Å²) in [6, 6.07) is 18.8. The van der Waals surface area contributed by atoms with E-state index in [1.54, 1.807) is 36.4 Å². The third kappa shape index (κ3) is 3.33. The topological polar surface area (TPSA) is 70.4 Å². The molecule has 0 bridgehead atoms. The summed E-state index contributed by atoms with van der Waals surface area (Å²) >= 11 is 0. The Hall–Kier alpha value is -4.56. The van der Waals surface area contributed by atoms with Gasteiger partial charge >= 0.3 is 6.36 Å². The smallest absolute Gasteiger partial charge is 0.406 e. The molecule has 3 aromatic rings. The van der Waals surface area contributed by atoms with E-state index in [-0.39, 0.29) is 0 Å². The summed E-state index contributed by atoms with van der Waals surface area (Å²) in [5.41, 5.74) is 0.504. The van der Waals surface area contributed by atoms with Crippen LogP contribution in [0.3, 0.4) is 0 Å². The first kappa shape index (κ1) is 24.1. The quantitative estimate of drug-likeness (QED) is 0.366. The lowest BCUT2D eigenvalue weighted by atomic mass is 9.78. The zero-order valence-corrected chi connectivity index (χ0v) is 19.8. The monoisotopic (exact) mass is 500 g/mol. The molecule has 3 atom stereocenters. The van der Waals surface area contributed by atoms with Crippen molar-refractivity contribution in [2.24, 2.45) is 11.3 Å². The fraction of sp³-hybridized carbons (Fsp3) is 0.207. The van der Waals surface area contributed by atoms with Gasteiger partial charge in [0, 0.05) is 0 Å². The number of benzene rings is 3. The number of carbonyl (C=O) groups is 2. The molecule has 0 spiro atoms. The van der Waals surface area contributed by atoms with Gasteiger partial charge in [-0.05, 0) is 72.5 Å². The van der Waals surface area contributed by atoms with E-state index in [0.29, 0.717) is 22.4 Å². The van der Waals surface area contributed by atoms with Crippen LogP contribution >= 0.6 is 0 Å². The molecule has 0 aromatic heterocycles. The number of imide groups is 1. The molecule has 0 radical (unpaired) electrons. The number of rotatable bonds is 4. The molecule has 37 heavy (non-hydrogen) atoms. The largest absolute Gasteiger partial charge is 0.573 e. The van der Waals surface area contributed by atoms with E-state index in [2.05, 4.69) is 10.7 Å². The molecule has 5 nitrogen and oxygen atoms in total. The van der Waals surface area contributed by atoms with E-state index >= 15 is 0 Å². The first-order valence-electron chi connectivity index (χ1n) is 11.3. The van der Waals surface area contributed by atoms with Crippen molar-refractivity contribution in [2.45, 2.75) is 25.6 Å². The lowest BCUT2D eigenvalue weighted by Gasteiger charge is -2.29. The molecule has 2 amide bonds. The van der Waals surface area contributed by atoms with Gasteiger partial charge in [0.1, 0.15) is 11.2 Å². The Morgan fingerprint density at radius 2 is 1.49 bits per heavy atom. The number of hydrogen-bond donors (Lipinski definition) is 0. The minimum absolute atomic E-state index is 0.364. The van der Waals surface area contributed by atoms with Crippen LogP contribution in [0.4, 0.5) is 18.9 Å². The number of nitrogens with zero attached hydrogens (tertiary/aromatic N) is 2. The molecule has 1 aliphatic heterocycles. The van der Waals surface area contributed by atoms with Gasteiger partial charge in [-0.2, -0.15) is 5.26 Å². The summed E-state index contributed by atoms with van der Waals surface area (Å²) in [6.07, 6.45) is 1.13. The van der Waals surface area contributed by atoms with Crippen LogP contribution in [0.2, 0.25) is 0 Å². The number of terminal acetylenes is 1. The zero-order valence-electron chi connectivity index (χ0n) is 19.8. The summed E-state index contributed by atoms with van der Waals surface area (Å²) in [4.78, 5) is 29.0. The van der Waals surface area contributed by atoms with Crippen LogP contribution < -0.4 is 9.64 Å². The second kappa shape index (κ2) is 7.97. The van der Waals surface area contributed by atoms with Gasteiger partial charge in [-0.25, -0.2) is 4.90 Å². The van der Waals surface area contributed by atoms with Crippen LogP contribution in [-0.4, -0.2) is 18.2 Å². The molecule has 3 aromatic carbocycles. The molecule has 0 unspecified atom stereocenters. The number of piperidine rings is 1. The van der Waals surface area contributed by atoms with Crippen molar-refractivity contribution in [3.05, 3.63) is 94.5 Å². The van der Waals surface area contributed by atoms with Gasteiger partial charge in [0.2, 0.25) is 5.91 Å². The Balaban J connectivity index is 1.67. The average molecular weight is 500 g/mol. The molecular formula is C29H19F3N2O3. The highest BCUT2D eigenvalue weighted by Gasteiger charge is 2.89. The Morgan fingerprint density at radius 3 is 1.95 bits per heavy atom. The van der Waals surface area contributed by atoms with Crippen molar-refractivity contribution in [1.29, 1.82) is 5.26 Å². The number of alkyl halides is 3. The normalized spacial score (nSPS) is 24.3. The SMILES string of the molecule is C#C[C@@]12C(=O)N(c3cc(C)cc(C)c3)C(=O)[C@@H]1[C@@]2(c1ccc(C#N)cc1)c1ccc(OC(F)(F)F)cc1. The van der Waals surface area contributed by atoms with Crippen LogP contribution in [0.25, 0.3) is 0 Å². The second-order valence-electron chi connectivity index (χ2n) is 9.28. The third-order valence-corrected chi connectivity index (χ3v) is 7.12. The van der Waals surface area contributed by atoms with Crippen LogP contribution in [0.5, 0.6) is 5.75 Å². The molecule has 184 valence electrons. The number of halogens is 3. The van der Waals surface area contributed by atoms with Crippen molar-refractivity contribution < 1.29 is 27.5 Å². The first-order valence-corrected chi connectivity index (χ1v) is 11.3. The Bertz CT molecular complexity index is 1510. The highest BCUT2D eigenvalue weighted by atomic mass is 19.4. The van der Waals surface area contributed by atoms with E-state index in [4.69, 9.17) is 6.42 Å². The Kier molecular flexibility index (Phi) is 5.20. The minimum atomic E-state index is -4.87. The minimum Gasteiger partial charge on any atom is -0.406 e. The van der Waals surface area contributed by atoms with E-state index < -0.39 is 40.7 Å². The molecule has 1 heterocycles. The number of fused-ring (bicyclic) bond motifs is 1. The van der Waals surface area contributed by atoms with Gasteiger partial charge in [-0.3, -0.25) is 9.59 Å². The fourth-order valence-corrected chi connectivity index (χ4v) is 5.81. The molecule has 8 heteroatoms. The predicted molar refractivity (Wildman–Crippen MR) is 128 cm³/mol. The number of aryl methyl sites for hydroxylation is 2. The molecule has 0 N–H and O–H groups in total. The van der Waals surface area contributed by atoms with E-state index in [1.165, 1.54) is 12.1 Å². The number of hydrogen-bond acceptors (Lipinski definition) is 4. The number of ether oxygens (including phenoxy) is 1. The van der Waals surface area contributed by atoms with E-state index in [9.17, 15) is 28.0 Å². The summed E-state index contributed by atoms with van der Waals surface area (Å²) in [5.74, 6) is 0.109. The van der Waals surface area contributed by atoms with Crippen LogP contribution in [-0.2, 0) is 15.0 Å². The highest BCUT2D eigenvalue weighted by Crippen LogP contribution is 2.76. The second-order valence-corrected chi connectivity index (χ2v) is 9.28. The number of anilines is 1. The zero-order chi connectivity index (χ0) is 26.8. The van der Waals surface area contributed by atoms with Crippen molar-refractivity contribution in [1.82, 2.24) is 0 Å². The number of amides is 2. The van der Waals surface area contributed by atoms with Gasteiger partial charge in [-0.15, -0.1) is 19.6 Å². The number of carbonyl (C=O) groups excluding carboxylic acids is 2. The standard InChI is InChI=1S/C29H19F3N2O3/c1-4-27-24(25(35)34(26(27)36)22-14-17(2)13-18(3)15-22)28(27,20-7-5-19(16-33)6-8-20)21-9-11-23(12-10-21)37-29(30,31)32/h1,5-15,24H,2-3H3/t24-,27-,28+/m0/s1. The summed E-state index contributed by atoms with van der Waals surface area (Å²) in [5, 5.41) is 9.23. The molecule has 1 aliphatic carbocycles. The summed E-state index contributed by atoms with van der Waals surface area (Å²) < 4.78 is 42.2. The van der Waals surface area contributed by atoms with Crippen LogP contribution in [0, 0.1) is 48.9 Å². The lowest BCUT2D eigenvalue weighted by Crippen LogP contribution is -2.42. The molecular weight excluding hydrogens is 481 g/mol. The van der Waals surface area contributed by atoms with Gasteiger partial charge < -0.3 is 4.74 Å². The van der Waals surface area contributed by atoms with Gasteiger partial charge in [0.25, 0.3) is 5.91 Å². The molecule has 2 fully saturated rings. The maximum absolute atomic E-state index is 14.0. The van der Waals surface area contributed by atoms with Gasteiger partial charge in [-0.1, -0.05) is 36.3 Å². The Labute approximate surface area is 211 Å². The van der Waals surface area contributed by atoms with Gasteiger partial charge in [0.15, 0.2) is 0 Å². The average Bonchev–Trinajstić information content (AvgIpc) is 3.41. The van der Waals surface area contributed by atoms with E-state index in [0.717, 1.165) is 28.2 Å². The maximum Gasteiger partial charge on any atom is 0.573 e. The van der Waals surface area contributed by atoms with E-state index in [1.807, 2.05) is 26.0 Å². The number of nitriles is 1. The first-order chi connectivity index (χ1) is 17.5. The maximum atomic E-state index is 14.0. The molecule has 5 rings (SSSR count). The molecule has 1 saturated carbocycles. The molecule has 1 saturated heterocycles. The van der Waals surface area contributed by atoms with Crippen molar-refractivity contribution in [3.8, 4) is 24.2 Å². The Morgan fingerprint density at radius 1 is 0.946 bits per heavy atom. The van der Waals surface area contributed by atoms with Crippen molar-refractivity contribution in [3.63, 3.8) is 0 Å². The highest BCUT2D eigenvalue weighted by molar-refractivity contribution is 6.30. The van der Waals surface area contributed by atoms with Crippen molar-refractivity contribution >= 4 is 17.5 Å². The fourth-order valence-electron chi connectivity index (χ4n) is 5.81. The third-order valence-electron chi connectivity index (χ3n) is 7.12. The summed E-state index contributed by atoms with van der Waals surface area (Å²) in [7, 11) is 0. The van der Waals surface area contributed by atoms with Crippen LogP contribution in [0.15, 0.2) is 66.7 Å². The predicted octanol–water partition coefficient (Wildman–Crippen LogP) is 5.18. The van der Waals surface area contributed by atoms with Gasteiger partial charge in [0.05, 0.1) is 28.7 Å². The molecule has 2 aliphatic rings. The summed E-state index contributed by atoms with van der Waals surface area (Å²) in [6.45, 7) is 3.70.